The molecule has 3 heterocycles. The van der Waals surface area contributed by atoms with E-state index in [1.54, 1.807) is 12.1 Å². The number of anilines is 2. The molecule has 0 bridgehead atoms. The second-order valence-electron chi connectivity index (χ2n) is 10.4. The third-order valence-corrected chi connectivity index (χ3v) is 7.88. The minimum absolute atomic E-state index is 0.274. The van der Waals surface area contributed by atoms with Crippen LogP contribution in [0.25, 0.3) is 0 Å². The number of aldehydes is 1. The molecule has 0 saturated carbocycles. The van der Waals surface area contributed by atoms with Gasteiger partial charge >= 0.3 is 0 Å². The molecule has 2 fully saturated rings. The van der Waals surface area contributed by atoms with Crippen LogP contribution in [0, 0.1) is 5.92 Å². The highest BCUT2D eigenvalue weighted by molar-refractivity contribution is 6.23. The van der Waals surface area contributed by atoms with Crippen LogP contribution >= 0.6 is 0 Å². The lowest BCUT2D eigenvalue weighted by Gasteiger charge is -2.45. The minimum atomic E-state index is -1.01. The number of hydrogen-bond donors (Lipinski definition) is 1. The number of fused-ring (bicyclic) bond motifs is 1. The third kappa shape index (κ3) is 5.29. The van der Waals surface area contributed by atoms with Gasteiger partial charge in [0.25, 0.3) is 11.8 Å². The number of nitrogens with zero attached hydrogens (tertiary/aromatic N) is 4. The Bertz CT molecular complexity index is 1270. The zero-order valence-corrected chi connectivity index (χ0v) is 22.0. The average Bonchev–Trinajstić information content (AvgIpc) is 3.18. The van der Waals surface area contributed by atoms with E-state index in [1.165, 1.54) is 0 Å². The number of nitrogens with one attached hydrogen (secondary N) is 1. The van der Waals surface area contributed by atoms with Crippen LogP contribution in [-0.2, 0) is 9.59 Å². The molecule has 3 aliphatic rings. The fraction of sp³-hybridized carbons (Fsp3) is 0.414. The van der Waals surface area contributed by atoms with E-state index < -0.39 is 23.8 Å². The molecule has 2 aromatic rings. The van der Waals surface area contributed by atoms with Gasteiger partial charge in [-0.15, -0.1) is 0 Å². The van der Waals surface area contributed by atoms with Crippen molar-refractivity contribution in [3.63, 3.8) is 0 Å². The lowest BCUT2D eigenvalue weighted by atomic mass is 9.97. The molecule has 0 radical (unpaired) electrons. The van der Waals surface area contributed by atoms with Gasteiger partial charge in [-0.25, -0.2) is 0 Å². The van der Waals surface area contributed by atoms with E-state index in [2.05, 4.69) is 20.0 Å². The van der Waals surface area contributed by atoms with Crippen LogP contribution in [0.4, 0.5) is 11.4 Å². The molecule has 4 amide bonds. The highest BCUT2D eigenvalue weighted by Gasteiger charge is 2.43. The van der Waals surface area contributed by atoms with Gasteiger partial charge in [0.15, 0.2) is 0 Å². The SMILES string of the molecule is CCCC(C(=O)NC=O)N1C(=O)c2ccc(N3CC(CN4CCN(c5ccc(C=O)cc5)CC4)C3)cc2C1=O. The topological polar surface area (TPSA) is 110 Å². The summed E-state index contributed by atoms with van der Waals surface area (Å²) in [5.41, 5.74) is 3.31. The maximum absolute atomic E-state index is 13.2. The van der Waals surface area contributed by atoms with Crippen molar-refractivity contribution in [3.8, 4) is 0 Å². The number of carbonyl (C=O) groups excluding carboxylic acids is 5. The Morgan fingerprint density at radius 1 is 0.923 bits per heavy atom. The largest absolute Gasteiger partial charge is 0.371 e. The molecule has 10 heteroatoms. The predicted octanol–water partition coefficient (Wildman–Crippen LogP) is 1.79. The molecule has 2 aromatic carbocycles. The van der Waals surface area contributed by atoms with Gasteiger partial charge in [-0.05, 0) is 48.9 Å². The Morgan fingerprint density at radius 3 is 2.23 bits per heavy atom. The highest BCUT2D eigenvalue weighted by Crippen LogP contribution is 2.33. The molecule has 1 atom stereocenters. The van der Waals surface area contributed by atoms with Crippen molar-refractivity contribution in [1.29, 1.82) is 0 Å². The first-order valence-electron chi connectivity index (χ1n) is 13.5. The van der Waals surface area contributed by atoms with Crippen molar-refractivity contribution in [2.24, 2.45) is 5.92 Å². The summed E-state index contributed by atoms with van der Waals surface area (Å²) in [4.78, 5) is 68.3. The van der Waals surface area contributed by atoms with Crippen molar-refractivity contribution in [1.82, 2.24) is 15.1 Å². The van der Waals surface area contributed by atoms with Crippen LogP contribution in [0.3, 0.4) is 0 Å². The number of rotatable bonds is 10. The predicted molar refractivity (Wildman–Crippen MR) is 146 cm³/mol. The molecule has 1 N–H and O–H groups in total. The van der Waals surface area contributed by atoms with Crippen LogP contribution in [0.5, 0.6) is 0 Å². The summed E-state index contributed by atoms with van der Waals surface area (Å²) in [5, 5.41) is 2.08. The number of carbonyl (C=O) groups is 5. The van der Waals surface area contributed by atoms with Crippen LogP contribution in [0.15, 0.2) is 42.5 Å². The van der Waals surface area contributed by atoms with Gasteiger partial charge in [0.05, 0.1) is 11.1 Å². The van der Waals surface area contributed by atoms with Gasteiger partial charge in [0, 0.05) is 68.7 Å². The van der Waals surface area contributed by atoms with E-state index in [0.717, 1.165) is 68.4 Å². The van der Waals surface area contributed by atoms with Crippen LogP contribution in [0.1, 0.15) is 50.8 Å². The van der Waals surface area contributed by atoms with Crippen molar-refractivity contribution in [3.05, 3.63) is 59.2 Å². The van der Waals surface area contributed by atoms with Crippen molar-refractivity contribution in [2.45, 2.75) is 25.8 Å². The van der Waals surface area contributed by atoms with E-state index >= 15 is 0 Å². The summed E-state index contributed by atoms with van der Waals surface area (Å²) >= 11 is 0. The standard InChI is InChI=1S/C29H33N5O5/c1-2-3-26(27(37)30-19-36)34-28(38)24-9-8-23(14-25(24)29(34)39)33-16-21(17-33)15-31-10-12-32(13-11-31)22-6-4-20(18-35)5-7-22/h4-9,14,18-19,21,26H,2-3,10-13,15-17H2,1H3,(H,30,36,37). The first-order valence-corrected chi connectivity index (χ1v) is 13.5. The quantitative estimate of drug-likeness (QED) is 0.365. The van der Waals surface area contributed by atoms with E-state index in [4.69, 9.17) is 0 Å². The zero-order chi connectivity index (χ0) is 27.5. The second kappa shape index (κ2) is 11.4. The van der Waals surface area contributed by atoms with Gasteiger partial charge in [0.2, 0.25) is 12.3 Å². The van der Waals surface area contributed by atoms with Gasteiger partial charge in [-0.1, -0.05) is 13.3 Å². The van der Waals surface area contributed by atoms with Crippen LogP contribution in [0.2, 0.25) is 0 Å². The summed E-state index contributed by atoms with van der Waals surface area (Å²) in [6, 6.07) is 12.0. The summed E-state index contributed by atoms with van der Waals surface area (Å²) in [6.07, 6.45) is 2.00. The molecule has 0 aliphatic carbocycles. The molecule has 39 heavy (non-hydrogen) atoms. The van der Waals surface area contributed by atoms with Crippen molar-refractivity contribution >= 4 is 41.8 Å². The van der Waals surface area contributed by atoms with Crippen LogP contribution < -0.4 is 15.1 Å². The molecular formula is C29H33N5O5. The second-order valence-corrected chi connectivity index (χ2v) is 10.4. The van der Waals surface area contributed by atoms with E-state index in [1.807, 2.05) is 37.3 Å². The smallest absolute Gasteiger partial charge is 0.262 e. The fourth-order valence-electron chi connectivity index (χ4n) is 5.75. The van der Waals surface area contributed by atoms with Gasteiger partial charge in [0.1, 0.15) is 12.3 Å². The van der Waals surface area contributed by atoms with Gasteiger partial charge in [-0.3, -0.25) is 39.1 Å². The molecule has 10 nitrogen and oxygen atoms in total. The lowest BCUT2D eigenvalue weighted by molar-refractivity contribution is -0.128. The fourth-order valence-corrected chi connectivity index (χ4v) is 5.75. The molecule has 204 valence electrons. The average molecular weight is 532 g/mol. The highest BCUT2D eigenvalue weighted by atomic mass is 16.2. The van der Waals surface area contributed by atoms with Gasteiger partial charge < -0.3 is 9.80 Å². The molecule has 2 saturated heterocycles. The summed E-state index contributed by atoms with van der Waals surface area (Å²) in [5.74, 6) is -1.12. The Morgan fingerprint density at radius 2 is 1.59 bits per heavy atom. The molecule has 0 aromatic heterocycles. The number of amides is 4. The first kappa shape index (κ1) is 26.6. The maximum atomic E-state index is 13.2. The number of imide groups is 2. The van der Waals surface area contributed by atoms with E-state index in [-0.39, 0.29) is 12.8 Å². The van der Waals surface area contributed by atoms with Gasteiger partial charge in [-0.2, -0.15) is 0 Å². The molecular weight excluding hydrogens is 498 g/mol. The Kier molecular flexibility index (Phi) is 7.74. The van der Waals surface area contributed by atoms with E-state index in [0.29, 0.717) is 29.0 Å². The number of piperazine rings is 1. The van der Waals surface area contributed by atoms with E-state index in [9.17, 15) is 24.0 Å². The molecule has 0 spiro atoms. The Balaban J connectivity index is 1.15. The molecule has 3 aliphatic heterocycles. The summed E-state index contributed by atoms with van der Waals surface area (Å²) < 4.78 is 0. The number of benzene rings is 2. The zero-order valence-electron chi connectivity index (χ0n) is 22.0. The minimum Gasteiger partial charge on any atom is -0.371 e. The summed E-state index contributed by atoms with van der Waals surface area (Å²) in [6.45, 7) is 8.45. The Hall–Kier alpha value is -4.05. The normalized spacial score (nSPS) is 18.5. The number of hydrogen-bond acceptors (Lipinski definition) is 8. The maximum Gasteiger partial charge on any atom is 0.262 e. The third-order valence-electron chi connectivity index (χ3n) is 7.88. The first-order chi connectivity index (χ1) is 18.9. The molecule has 5 rings (SSSR count). The van der Waals surface area contributed by atoms with Crippen LogP contribution in [-0.4, -0.2) is 92.1 Å². The van der Waals surface area contributed by atoms with Crippen molar-refractivity contribution < 1.29 is 24.0 Å². The lowest BCUT2D eigenvalue weighted by Crippen LogP contribution is -2.55. The monoisotopic (exact) mass is 531 g/mol. The van der Waals surface area contributed by atoms with Crippen molar-refractivity contribution in [2.75, 3.05) is 55.6 Å². The molecule has 1 unspecified atom stereocenters. The summed E-state index contributed by atoms with van der Waals surface area (Å²) in [7, 11) is 0. The Labute approximate surface area is 227 Å².